The number of nitrogens with zero attached hydrogens (tertiary/aromatic N) is 8. The number of carbonyl (C=O) groups excluding carboxylic acids is 3. The van der Waals surface area contributed by atoms with Gasteiger partial charge in [0, 0.05) is 0 Å². The number of aromatic amines is 1. The summed E-state index contributed by atoms with van der Waals surface area (Å²) >= 11 is 0. The molecule has 3 aromatic heterocycles. The van der Waals surface area contributed by atoms with Gasteiger partial charge in [0.1, 0.15) is 11.5 Å². The van der Waals surface area contributed by atoms with E-state index in [-0.39, 0.29) is 26.2 Å². The normalized spacial score (nSPS) is 9.68. The Kier molecular flexibility index (Phi) is 17.0. The number of carbonyl (C=O) groups is 3. The zero-order valence-corrected chi connectivity index (χ0v) is 27.9. The number of rotatable bonds is 9. The monoisotopic (exact) mass is 695 g/mol. The predicted octanol–water partition coefficient (Wildman–Crippen LogP) is 4.03. The van der Waals surface area contributed by atoms with Crippen molar-refractivity contribution < 1.29 is 38.1 Å². The summed E-state index contributed by atoms with van der Waals surface area (Å²) < 4.78 is 27.2. The Balaban J connectivity index is 0.000000385. The van der Waals surface area contributed by atoms with E-state index >= 15 is 0 Å². The van der Waals surface area contributed by atoms with E-state index in [0.29, 0.717) is 35.9 Å². The molecule has 0 saturated heterocycles. The summed E-state index contributed by atoms with van der Waals surface area (Å²) in [5, 5.41) is 25.2. The molecule has 5 rings (SSSR count). The number of nitrogens with one attached hydrogen (secondary N) is 1. The second-order valence-corrected chi connectivity index (χ2v) is 9.79. The SMILES string of the molecule is C.C.COC(=O)c1c(C)nnn1Cc1ccc(OC)cc1.COC(=O)c1n[nH]nc1C.COC(=O)c1nnn(Cc2ccc(OC)cc2)c1C. The number of benzene rings is 2. The molecule has 0 saturated carbocycles. The summed E-state index contributed by atoms with van der Waals surface area (Å²) in [4.78, 5) is 33.8. The van der Waals surface area contributed by atoms with Gasteiger partial charge in [-0.25, -0.2) is 23.7 Å². The second-order valence-electron chi connectivity index (χ2n) is 9.79. The highest BCUT2D eigenvalue weighted by Gasteiger charge is 2.19. The van der Waals surface area contributed by atoms with Crippen molar-refractivity contribution in [3.8, 4) is 11.5 Å². The molecule has 0 spiro atoms. The van der Waals surface area contributed by atoms with E-state index in [2.05, 4.69) is 45.5 Å². The van der Waals surface area contributed by atoms with E-state index in [4.69, 9.17) is 14.2 Å². The number of H-pyrrole nitrogens is 1. The van der Waals surface area contributed by atoms with Crippen LogP contribution in [-0.4, -0.2) is 98.9 Å². The van der Waals surface area contributed by atoms with Gasteiger partial charge in [-0.1, -0.05) is 49.5 Å². The van der Waals surface area contributed by atoms with Crippen LogP contribution in [0, 0.1) is 20.8 Å². The van der Waals surface area contributed by atoms with Crippen molar-refractivity contribution >= 4 is 17.9 Å². The van der Waals surface area contributed by atoms with Crippen LogP contribution in [0.1, 0.15) is 74.5 Å². The Hall–Kier alpha value is -6.13. The first-order valence-corrected chi connectivity index (χ1v) is 14.2. The smallest absolute Gasteiger partial charge is 0.360 e. The lowest BCUT2D eigenvalue weighted by molar-refractivity contribution is 0.0579. The van der Waals surface area contributed by atoms with Crippen molar-refractivity contribution in [2.24, 2.45) is 0 Å². The lowest BCUT2D eigenvalue weighted by atomic mass is 10.2. The van der Waals surface area contributed by atoms with E-state index in [0.717, 1.165) is 22.6 Å². The Morgan fingerprint density at radius 1 is 0.600 bits per heavy atom. The molecule has 17 heteroatoms. The first-order valence-electron chi connectivity index (χ1n) is 14.2. The molecule has 3 heterocycles. The van der Waals surface area contributed by atoms with Gasteiger partial charge >= 0.3 is 17.9 Å². The first-order chi connectivity index (χ1) is 23.1. The van der Waals surface area contributed by atoms with Crippen LogP contribution >= 0.6 is 0 Å². The van der Waals surface area contributed by atoms with Gasteiger partial charge in [0.25, 0.3) is 0 Å². The Bertz CT molecular complexity index is 1800. The van der Waals surface area contributed by atoms with Crippen molar-refractivity contribution in [1.82, 2.24) is 45.4 Å². The molecule has 0 aliphatic carbocycles. The molecular formula is C33H45N9O8. The Morgan fingerprint density at radius 2 is 1.06 bits per heavy atom. The molecule has 270 valence electrons. The van der Waals surface area contributed by atoms with E-state index < -0.39 is 17.9 Å². The number of hydrogen-bond acceptors (Lipinski definition) is 14. The molecule has 0 bridgehead atoms. The number of methoxy groups -OCH3 is 5. The van der Waals surface area contributed by atoms with Crippen LogP contribution in [-0.2, 0) is 27.3 Å². The van der Waals surface area contributed by atoms with Crippen molar-refractivity contribution in [2.45, 2.75) is 48.7 Å². The van der Waals surface area contributed by atoms with Crippen molar-refractivity contribution in [3.63, 3.8) is 0 Å². The lowest BCUT2D eigenvalue weighted by Gasteiger charge is -2.06. The molecule has 0 aliphatic heterocycles. The van der Waals surface area contributed by atoms with Gasteiger partial charge in [-0.05, 0) is 56.2 Å². The lowest BCUT2D eigenvalue weighted by Crippen LogP contribution is -2.13. The second kappa shape index (κ2) is 20.3. The summed E-state index contributed by atoms with van der Waals surface area (Å²) in [7, 11) is 7.21. The average Bonchev–Trinajstić information content (AvgIpc) is 3.82. The quantitative estimate of drug-likeness (QED) is 0.171. The third kappa shape index (κ3) is 11.0. The highest BCUT2D eigenvalue weighted by Crippen LogP contribution is 2.15. The minimum Gasteiger partial charge on any atom is -0.497 e. The van der Waals surface area contributed by atoms with Gasteiger partial charge in [0.2, 0.25) is 0 Å². The fourth-order valence-electron chi connectivity index (χ4n) is 4.04. The van der Waals surface area contributed by atoms with Gasteiger partial charge in [-0.3, -0.25) is 0 Å². The molecule has 0 radical (unpaired) electrons. The number of esters is 3. The molecule has 50 heavy (non-hydrogen) atoms. The van der Waals surface area contributed by atoms with Gasteiger partial charge in [0.15, 0.2) is 17.1 Å². The van der Waals surface area contributed by atoms with E-state index in [1.807, 2.05) is 48.5 Å². The van der Waals surface area contributed by atoms with E-state index in [1.165, 1.54) is 26.0 Å². The average molecular weight is 696 g/mol. The predicted molar refractivity (Wildman–Crippen MR) is 182 cm³/mol. The highest BCUT2D eigenvalue weighted by atomic mass is 16.5. The van der Waals surface area contributed by atoms with Crippen LogP contribution in [0.5, 0.6) is 11.5 Å². The van der Waals surface area contributed by atoms with Crippen LogP contribution in [0.15, 0.2) is 48.5 Å². The molecule has 1 N–H and O–H groups in total. The van der Waals surface area contributed by atoms with Crippen molar-refractivity contribution in [3.05, 3.63) is 93.8 Å². The summed E-state index contributed by atoms with van der Waals surface area (Å²) in [5.41, 5.74) is 4.69. The minimum absolute atomic E-state index is 0. The topological polar surface area (TPSA) is 200 Å². The largest absolute Gasteiger partial charge is 0.497 e. The number of hydrogen-bond donors (Lipinski definition) is 1. The maximum absolute atomic E-state index is 11.7. The third-order valence-corrected chi connectivity index (χ3v) is 6.73. The summed E-state index contributed by atoms with van der Waals surface area (Å²) in [6, 6.07) is 15.2. The molecular weight excluding hydrogens is 650 g/mol. The maximum Gasteiger partial charge on any atom is 0.360 e. The minimum atomic E-state index is -0.474. The number of aryl methyl sites for hydroxylation is 2. The van der Waals surface area contributed by atoms with Gasteiger partial charge in [-0.2, -0.15) is 10.3 Å². The zero-order valence-electron chi connectivity index (χ0n) is 27.9. The molecule has 5 aromatic rings. The van der Waals surface area contributed by atoms with E-state index in [1.54, 1.807) is 39.7 Å². The van der Waals surface area contributed by atoms with Crippen LogP contribution in [0.3, 0.4) is 0 Å². The summed E-state index contributed by atoms with van der Waals surface area (Å²) in [5.74, 6) is 0.210. The molecule has 0 unspecified atom stereocenters. The molecule has 0 atom stereocenters. The van der Waals surface area contributed by atoms with Crippen LogP contribution < -0.4 is 9.47 Å². The fourth-order valence-corrected chi connectivity index (χ4v) is 4.04. The van der Waals surface area contributed by atoms with Crippen molar-refractivity contribution in [2.75, 3.05) is 35.5 Å². The van der Waals surface area contributed by atoms with Crippen LogP contribution in [0.4, 0.5) is 0 Å². The molecule has 0 amide bonds. The summed E-state index contributed by atoms with van der Waals surface area (Å²) in [6.45, 7) is 6.18. The fraction of sp³-hybridized carbons (Fsp3) is 0.364. The number of ether oxygens (including phenoxy) is 5. The van der Waals surface area contributed by atoms with Gasteiger partial charge in [-0.15, -0.1) is 15.3 Å². The first kappa shape index (κ1) is 41.9. The molecule has 17 nitrogen and oxygen atoms in total. The molecule has 2 aromatic carbocycles. The summed E-state index contributed by atoms with van der Waals surface area (Å²) in [6.07, 6.45) is 0. The zero-order chi connectivity index (χ0) is 35.2. The maximum atomic E-state index is 11.7. The van der Waals surface area contributed by atoms with Crippen LogP contribution in [0.25, 0.3) is 0 Å². The van der Waals surface area contributed by atoms with E-state index in [9.17, 15) is 14.4 Å². The van der Waals surface area contributed by atoms with Gasteiger partial charge in [0.05, 0.1) is 65.7 Å². The third-order valence-electron chi connectivity index (χ3n) is 6.73. The van der Waals surface area contributed by atoms with Crippen LogP contribution in [0.2, 0.25) is 0 Å². The number of aromatic nitrogens is 9. The molecule has 0 aliphatic rings. The van der Waals surface area contributed by atoms with Crippen molar-refractivity contribution in [1.29, 1.82) is 0 Å². The Morgan fingerprint density at radius 3 is 1.50 bits per heavy atom. The Labute approximate surface area is 290 Å². The highest BCUT2D eigenvalue weighted by molar-refractivity contribution is 5.89. The molecule has 0 fully saturated rings. The van der Waals surface area contributed by atoms with Gasteiger partial charge < -0.3 is 23.7 Å². The standard InChI is InChI=1S/2C13H15N3O3.C5H7N3O2.2CH4/c1-9-12(13(17)19-3)14-15-16(9)8-10-4-6-11(18-2)7-5-10;1-9-12(13(17)19-3)16(15-14-9)8-10-4-6-11(18-2)7-5-10;1-3-4(5(9)10-2)7-8-6-3;;/h2*4-7H,8H2,1-3H3;1-2H3,(H,6,7,8);2*1H4.